The van der Waals surface area contributed by atoms with Gasteiger partial charge >= 0.3 is 0 Å². The molecule has 16 heavy (non-hydrogen) atoms. The number of hydrogen-bond donors (Lipinski definition) is 3. The molecular weight excluding hydrogens is 206 g/mol. The predicted molar refractivity (Wildman–Crippen MR) is 59.8 cm³/mol. The Labute approximate surface area is 93.1 Å². The summed E-state index contributed by atoms with van der Waals surface area (Å²) in [6.45, 7) is 0. The van der Waals surface area contributed by atoms with Crippen molar-refractivity contribution in [2.24, 2.45) is 12.8 Å². The van der Waals surface area contributed by atoms with Gasteiger partial charge in [-0.2, -0.15) is 0 Å². The van der Waals surface area contributed by atoms with Crippen molar-refractivity contribution >= 4 is 5.95 Å². The Morgan fingerprint density at radius 1 is 1.56 bits per heavy atom. The summed E-state index contributed by atoms with van der Waals surface area (Å²) in [6.07, 6.45) is 4.06. The van der Waals surface area contributed by atoms with Crippen LogP contribution in [0.2, 0.25) is 0 Å². The standard InChI is InChI=1S/C9H15N7/c1-11-9-15-14-8(16(9)2)7(10)3-6-4-12-5-13-6/h4-5,7H,3,10H2,1-2H3,(H,11,15)(H,12,13). The van der Waals surface area contributed by atoms with Gasteiger partial charge in [-0.25, -0.2) is 4.98 Å². The maximum atomic E-state index is 6.06. The molecule has 1 unspecified atom stereocenters. The fourth-order valence-corrected chi connectivity index (χ4v) is 1.61. The first-order chi connectivity index (χ1) is 7.72. The van der Waals surface area contributed by atoms with Gasteiger partial charge in [0, 0.05) is 32.4 Å². The fourth-order valence-electron chi connectivity index (χ4n) is 1.61. The summed E-state index contributed by atoms with van der Waals surface area (Å²) in [5.41, 5.74) is 7.04. The summed E-state index contributed by atoms with van der Waals surface area (Å²) in [5, 5.41) is 11.0. The highest BCUT2D eigenvalue weighted by molar-refractivity contribution is 5.25. The third-order valence-corrected chi connectivity index (χ3v) is 2.46. The molecule has 2 heterocycles. The topological polar surface area (TPSA) is 97.4 Å². The molecule has 0 bridgehead atoms. The molecule has 0 aromatic carbocycles. The van der Waals surface area contributed by atoms with Crippen molar-refractivity contribution < 1.29 is 0 Å². The summed E-state index contributed by atoms with van der Waals surface area (Å²) >= 11 is 0. The van der Waals surface area contributed by atoms with E-state index in [0.717, 1.165) is 11.5 Å². The summed E-state index contributed by atoms with van der Waals surface area (Å²) in [6, 6.07) is -0.194. The maximum absolute atomic E-state index is 6.06. The molecule has 7 nitrogen and oxygen atoms in total. The van der Waals surface area contributed by atoms with Crippen molar-refractivity contribution in [1.29, 1.82) is 0 Å². The molecule has 0 saturated heterocycles. The molecular formula is C9H15N7. The van der Waals surface area contributed by atoms with E-state index in [9.17, 15) is 0 Å². The van der Waals surface area contributed by atoms with E-state index in [1.807, 2.05) is 11.6 Å². The Kier molecular flexibility index (Phi) is 2.86. The molecule has 2 aromatic rings. The van der Waals surface area contributed by atoms with E-state index in [1.54, 1.807) is 19.6 Å². The van der Waals surface area contributed by atoms with E-state index in [1.165, 1.54) is 0 Å². The van der Waals surface area contributed by atoms with Crippen molar-refractivity contribution in [1.82, 2.24) is 24.7 Å². The number of hydrogen-bond acceptors (Lipinski definition) is 5. The number of rotatable bonds is 4. The number of aromatic amines is 1. The molecule has 2 rings (SSSR count). The van der Waals surface area contributed by atoms with Crippen LogP contribution in [-0.4, -0.2) is 31.8 Å². The van der Waals surface area contributed by atoms with Crippen molar-refractivity contribution in [3.8, 4) is 0 Å². The van der Waals surface area contributed by atoms with Gasteiger partial charge in [-0.3, -0.25) is 4.57 Å². The van der Waals surface area contributed by atoms with Crippen molar-refractivity contribution in [3.05, 3.63) is 24.0 Å². The summed E-state index contributed by atoms with van der Waals surface area (Å²) < 4.78 is 1.85. The zero-order valence-electron chi connectivity index (χ0n) is 9.31. The van der Waals surface area contributed by atoms with Gasteiger partial charge in [0.15, 0.2) is 5.82 Å². The van der Waals surface area contributed by atoms with Crippen LogP contribution in [0.15, 0.2) is 12.5 Å². The lowest BCUT2D eigenvalue weighted by molar-refractivity contribution is 0.624. The largest absolute Gasteiger partial charge is 0.357 e. The summed E-state index contributed by atoms with van der Waals surface area (Å²) in [4.78, 5) is 6.96. The minimum absolute atomic E-state index is 0.194. The highest BCUT2D eigenvalue weighted by Gasteiger charge is 2.15. The van der Waals surface area contributed by atoms with E-state index in [-0.39, 0.29) is 6.04 Å². The molecule has 0 saturated carbocycles. The molecule has 0 fully saturated rings. The zero-order valence-corrected chi connectivity index (χ0v) is 9.31. The predicted octanol–water partition coefficient (Wildman–Crippen LogP) is -0.178. The number of nitrogens with zero attached hydrogens (tertiary/aromatic N) is 4. The number of H-pyrrole nitrogens is 1. The van der Waals surface area contributed by atoms with Gasteiger partial charge in [0.1, 0.15) is 0 Å². The van der Waals surface area contributed by atoms with Crippen molar-refractivity contribution in [2.75, 3.05) is 12.4 Å². The van der Waals surface area contributed by atoms with Crippen molar-refractivity contribution in [3.63, 3.8) is 0 Å². The summed E-state index contributed by atoms with van der Waals surface area (Å²) in [5.74, 6) is 1.45. The molecule has 7 heteroatoms. The highest BCUT2D eigenvalue weighted by atomic mass is 15.3. The molecule has 2 aromatic heterocycles. The summed E-state index contributed by atoms with van der Waals surface area (Å²) in [7, 11) is 3.68. The van der Waals surface area contributed by atoms with Gasteiger partial charge in [-0.15, -0.1) is 10.2 Å². The number of nitrogens with two attached hydrogens (primary N) is 1. The first-order valence-corrected chi connectivity index (χ1v) is 5.02. The second-order valence-corrected chi connectivity index (χ2v) is 3.58. The minimum atomic E-state index is -0.194. The van der Waals surface area contributed by atoms with Gasteiger partial charge in [-0.05, 0) is 0 Å². The maximum Gasteiger partial charge on any atom is 0.224 e. The molecule has 0 radical (unpaired) electrons. The molecule has 0 aliphatic carbocycles. The molecule has 0 aliphatic rings. The Morgan fingerprint density at radius 2 is 2.38 bits per heavy atom. The molecule has 0 amide bonds. The SMILES string of the molecule is CNc1nnc(C(N)Cc2cnc[nH]2)n1C. The lowest BCUT2D eigenvalue weighted by Gasteiger charge is -2.09. The van der Waals surface area contributed by atoms with Crippen LogP contribution in [0.3, 0.4) is 0 Å². The van der Waals surface area contributed by atoms with Gasteiger partial charge in [-0.1, -0.05) is 0 Å². The van der Waals surface area contributed by atoms with Gasteiger partial charge in [0.05, 0.1) is 12.4 Å². The zero-order chi connectivity index (χ0) is 11.5. The molecule has 1 atom stereocenters. The number of imidazole rings is 1. The lowest BCUT2D eigenvalue weighted by atomic mass is 10.1. The van der Waals surface area contributed by atoms with Crippen LogP contribution in [-0.2, 0) is 13.5 Å². The van der Waals surface area contributed by atoms with Gasteiger partial charge in [0.2, 0.25) is 5.95 Å². The first-order valence-electron chi connectivity index (χ1n) is 5.02. The highest BCUT2D eigenvalue weighted by Crippen LogP contribution is 2.14. The smallest absolute Gasteiger partial charge is 0.224 e. The third-order valence-electron chi connectivity index (χ3n) is 2.46. The van der Waals surface area contributed by atoms with Gasteiger partial charge in [0.25, 0.3) is 0 Å². The van der Waals surface area contributed by atoms with Crippen molar-refractivity contribution in [2.45, 2.75) is 12.5 Å². The average Bonchev–Trinajstić information content (AvgIpc) is 2.87. The molecule has 0 aliphatic heterocycles. The molecule has 86 valence electrons. The van der Waals surface area contributed by atoms with E-state index < -0.39 is 0 Å². The van der Waals surface area contributed by atoms with Crippen LogP contribution in [0.25, 0.3) is 0 Å². The molecule has 4 N–H and O–H groups in total. The van der Waals surface area contributed by atoms with Crippen LogP contribution >= 0.6 is 0 Å². The van der Waals surface area contributed by atoms with Crippen LogP contribution in [0.4, 0.5) is 5.95 Å². The van der Waals surface area contributed by atoms with Crippen LogP contribution in [0.1, 0.15) is 17.6 Å². The van der Waals surface area contributed by atoms with Crippen LogP contribution < -0.4 is 11.1 Å². The Morgan fingerprint density at radius 3 is 2.94 bits per heavy atom. The molecule has 0 spiro atoms. The third kappa shape index (κ3) is 1.89. The first kappa shape index (κ1) is 10.6. The monoisotopic (exact) mass is 221 g/mol. The number of aromatic nitrogens is 5. The Balaban J connectivity index is 2.14. The lowest BCUT2D eigenvalue weighted by Crippen LogP contribution is -2.18. The number of anilines is 1. The van der Waals surface area contributed by atoms with E-state index >= 15 is 0 Å². The Bertz CT molecular complexity index is 444. The fraction of sp³-hybridized carbons (Fsp3) is 0.444. The minimum Gasteiger partial charge on any atom is -0.357 e. The Hall–Kier alpha value is -1.89. The quantitative estimate of drug-likeness (QED) is 0.665. The van der Waals surface area contributed by atoms with Crippen LogP contribution in [0, 0.1) is 0 Å². The van der Waals surface area contributed by atoms with Gasteiger partial charge < -0.3 is 16.0 Å². The van der Waals surface area contributed by atoms with E-state index in [4.69, 9.17) is 5.73 Å². The van der Waals surface area contributed by atoms with E-state index in [2.05, 4.69) is 25.5 Å². The van der Waals surface area contributed by atoms with E-state index in [0.29, 0.717) is 12.4 Å². The normalized spacial score (nSPS) is 12.7. The average molecular weight is 221 g/mol. The second-order valence-electron chi connectivity index (χ2n) is 3.58. The second kappa shape index (κ2) is 4.31. The van der Waals surface area contributed by atoms with Crippen LogP contribution in [0.5, 0.6) is 0 Å². The number of nitrogens with one attached hydrogen (secondary N) is 2.